The minimum Gasteiger partial charge on any atom is -0.385 e. The molecule has 4 nitrogen and oxygen atoms in total. The third-order valence-electron chi connectivity index (χ3n) is 1.92. The highest BCUT2D eigenvalue weighted by molar-refractivity contribution is 4.58. The van der Waals surface area contributed by atoms with Crippen molar-refractivity contribution >= 4 is 0 Å². The van der Waals surface area contributed by atoms with E-state index in [2.05, 4.69) is 0 Å². The molecule has 0 bridgehead atoms. The Morgan fingerprint density at radius 2 is 1.33 bits per heavy atom. The summed E-state index contributed by atoms with van der Waals surface area (Å²) < 4.78 is 21.7. The summed E-state index contributed by atoms with van der Waals surface area (Å²) in [6.45, 7) is 8.22. The minimum atomic E-state index is -0.878. The van der Waals surface area contributed by atoms with Gasteiger partial charge in [-0.05, 0) is 27.2 Å². The number of ether oxygens (including phenoxy) is 4. The van der Waals surface area contributed by atoms with Crippen molar-refractivity contribution in [1.29, 1.82) is 0 Å². The molecule has 4 heteroatoms. The summed E-state index contributed by atoms with van der Waals surface area (Å²) in [4.78, 5) is 0. The van der Waals surface area contributed by atoms with Gasteiger partial charge < -0.3 is 18.9 Å². The molecule has 0 radical (unpaired) electrons. The van der Waals surface area contributed by atoms with Gasteiger partial charge in [0.2, 0.25) is 0 Å². The van der Waals surface area contributed by atoms with Crippen LogP contribution in [0.3, 0.4) is 0 Å². The maximum Gasteiger partial charge on any atom is 0.282 e. The van der Waals surface area contributed by atoms with Gasteiger partial charge in [-0.1, -0.05) is 0 Å². The fourth-order valence-electron chi connectivity index (χ4n) is 1.43. The fourth-order valence-corrected chi connectivity index (χ4v) is 1.43. The summed E-state index contributed by atoms with van der Waals surface area (Å²) >= 11 is 0. The first kappa shape index (κ1) is 14.8. The van der Waals surface area contributed by atoms with Crippen LogP contribution >= 0.6 is 0 Å². The van der Waals surface area contributed by atoms with Crippen LogP contribution in [0.15, 0.2) is 0 Å². The highest BCUT2D eigenvalue weighted by atomic mass is 16.9. The summed E-state index contributed by atoms with van der Waals surface area (Å²) in [5.41, 5.74) is 0. The van der Waals surface area contributed by atoms with Crippen LogP contribution in [0.4, 0.5) is 0 Å². The van der Waals surface area contributed by atoms with E-state index in [1.807, 2.05) is 20.8 Å². The first-order valence-corrected chi connectivity index (χ1v) is 5.65. The van der Waals surface area contributed by atoms with Gasteiger partial charge in [-0.3, -0.25) is 0 Å². The van der Waals surface area contributed by atoms with Crippen LogP contribution in [-0.2, 0) is 18.9 Å². The Morgan fingerprint density at radius 3 is 1.67 bits per heavy atom. The maximum atomic E-state index is 5.56. The minimum absolute atomic E-state index is 0.576. The standard InChI is InChI=1S/C11H24O4/c1-5-13-11(14-6-2,15-7-3)9-8-10-12-4/h5-10H2,1-4H3. The Labute approximate surface area is 92.8 Å². The van der Waals surface area contributed by atoms with E-state index in [0.29, 0.717) is 32.8 Å². The molecule has 0 atom stereocenters. The van der Waals surface area contributed by atoms with Gasteiger partial charge in [0.1, 0.15) is 0 Å². The van der Waals surface area contributed by atoms with Crippen molar-refractivity contribution in [3.8, 4) is 0 Å². The van der Waals surface area contributed by atoms with E-state index in [-0.39, 0.29) is 0 Å². The van der Waals surface area contributed by atoms with Crippen LogP contribution in [-0.4, -0.2) is 39.5 Å². The number of methoxy groups -OCH3 is 1. The SMILES string of the molecule is CCOC(CCCOC)(OCC)OCC. The Morgan fingerprint density at radius 1 is 0.867 bits per heavy atom. The Bertz CT molecular complexity index is 122. The summed E-state index contributed by atoms with van der Waals surface area (Å²) in [5.74, 6) is -0.878. The van der Waals surface area contributed by atoms with Gasteiger partial charge in [0.05, 0.1) is 0 Å². The average Bonchev–Trinajstić information content (AvgIpc) is 2.19. The lowest BCUT2D eigenvalue weighted by Gasteiger charge is -2.32. The molecule has 0 aliphatic heterocycles. The van der Waals surface area contributed by atoms with E-state index < -0.39 is 5.97 Å². The van der Waals surface area contributed by atoms with Crippen molar-refractivity contribution in [2.75, 3.05) is 33.5 Å². The molecule has 0 aliphatic carbocycles. The van der Waals surface area contributed by atoms with E-state index in [9.17, 15) is 0 Å². The van der Waals surface area contributed by atoms with Gasteiger partial charge in [0, 0.05) is 40.0 Å². The molecular weight excluding hydrogens is 196 g/mol. The zero-order valence-electron chi connectivity index (χ0n) is 10.4. The summed E-state index contributed by atoms with van der Waals surface area (Å²) in [6, 6.07) is 0. The summed E-state index contributed by atoms with van der Waals surface area (Å²) in [7, 11) is 1.68. The molecule has 0 aromatic heterocycles. The maximum absolute atomic E-state index is 5.56. The van der Waals surface area contributed by atoms with Crippen LogP contribution in [0.5, 0.6) is 0 Å². The monoisotopic (exact) mass is 220 g/mol. The van der Waals surface area contributed by atoms with Gasteiger partial charge in [-0.15, -0.1) is 0 Å². The molecule has 15 heavy (non-hydrogen) atoms. The van der Waals surface area contributed by atoms with Crippen molar-refractivity contribution in [2.24, 2.45) is 0 Å². The van der Waals surface area contributed by atoms with E-state index in [1.54, 1.807) is 7.11 Å². The Hall–Kier alpha value is -0.160. The lowest BCUT2D eigenvalue weighted by Crippen LogP contribution is -2.39. The zero-order valence-corrected chi connectivity index (χ0v) is 10.4. The Kier molecular flexibility index (Phi) is 9.00. The summed E-state index contributed by atoms with van der Waals surface area (Å²) in [6.07, 6.45) is 1.55. The number of rotatable bonds is 10. The van der Waals surface area contributed by atoms with Crippen LogP contribution in [0.1, 0.15) is 33.6 Å². The topological polar surface area (TPSA) is 36.9 Å². The molecule has 0 saturated carbocycles. The molecule has 0 spiro atoms. The van der Waals surface area contributed by atoms with Gasteiger partial charge >= 0.3 is 0 Å². The fraction of sp³-hybridized carbons (Fsp3) is 1.00. The van der Waals surface area contributed by atoms with Crippen LogP contribution in [0.2, 0.25) is 0 Å². The molecule has 92 valence electrons. The van der Waals surface area contributed by atoms with E-state index in [1.165, 1.54) is 0 Å². The molecule has 0 amide bonds. The molecule has 0 aromatic rings. The van der Waals surface area contributed by atoms with Crippen LogP contribution in [0, 0.1) is 0 Å². The summed E-state index contributed by atoms with van der Waals surface area (Å²) in [5, 5.41) is 0. The quantitative estimate of drug-likeness (QED) is 0.417. The molecule has 0 rings (SSSR count). The molecule has 0 fully saturated rings. The molecular formula is C11H24O4. The number of hydrogen-bond donors (Lipinski definition) is 0. The molecule has 0 unspecified atom stereocenters. The van der Waals surface area contributed by atoms with Gasteiger partial charge in [-0.25, -0.2) is 0 Å². The highest BCUT2D eigenvalue weighted by Crippen LogP contribution is 2.22. The van der Waals surface area contributed by atoms with E-state index in [0.717, 1.165) is 6.42 Å². The first-order chi connectivity index (χ1) is 7.24. The normalized spacial score (nSPS) is 12.0. The zero-order chi connectivity index (χ0) is 11.6. The second-order valence-corrected chi connectivity index (χ2v) is 3.08. The van der Waals surface area contributed by atoms with Crippen molar-refractivity contribution in [3.63, 3.8) is 0 Å². The Balaban J connectivity index is 4.18. The lowest BCUT2D eigenvalue weighted by molar-refractivity contribution is -0.380. The van der Waals surface area contributed by atoms with Gasteiger partial charge in [-0.2, -0.15) is 0 Å². The van der Waals surface area contributed by atoms with Crippen molar-refractivity contribution in [3.05, 3.63) is 0 Å². The largest absolute Gasteiger partial charge is 0.385 e. The third kappa shape index (κ3) is 6.10. The first-order valence-electron chi connectivity index (χ1n) is 5.65. The van der Waals surface area contributed by atoms with Gasteiger partial charge in [0.25, 0.3) is 5.97 Å². The molecule has 0 saturated heterocycles. The smallest absolute Gasteiger partial charge is 0.282 e. The third-order valence-corrected chi connectivity index (χ3v) is 1.92. The van der Waals surface area contributed by atoms with Crippen molar-refractivity contribution < 1.29 is 18.9 Å². The second kappa shape index (κ2) is 9.09. The van der Waals surface area contributed by atoms with Crippen LogP contribution < -0.4 is 0 Å². The van der Waals surface area contributed by atoms with E-state index >= 15 is 0 Å². The molecule has 0 aliphatic rings. The van der Waals surface area contributed by atoms with E-state index in [4.69, 9.17) is 18.9 Å². The molecule has 0 heterocycles. The predicted octanol–water partition coefficient (Wildman–Crippen LogP) is 2.18. The average molecular weight is 220 g/mol. The highest BCUT2D eigenvalue weighted by Gasteiger charge is 2.31. The van der Waals surface area contributed by atoms with Crippen molar-refractivity contribution in [2.45, 2.75) is 39.6 Å². The van der Waals surface area contributed by atoms with Gasteiger partial charge in [0.15, 0.2) is 0 Å². The number of hydrogen-bond acceptors (Lipinski definition) is 4. The molecule has 0 aromatic carbocycles. The molecule has 0 N–H and O–H groups in total. The predicted molar refractivity (Wildman–Crippen MR) is 58.7 cm³/mol. The van der Waals surface area contributed by atoms with Crippen LogP contribution in [0.25, 0.3) is 0 Å². The second-order valence-electron chi connectivity index (χ2n) is 3.08. The lowest BCUT2D eigenvalue weighted by atomic mass is 10.3. The van der Waals surface area contributed by atoms with Crippen molar-refractivity contribution in [1.82, 2.24) is 0 Å².